The Balaban J connectivity index is 0.000000403. The van der Waals surface area contributed by atoms with Gasteiger partial charge in [-0.15, -0.1) is 0 Å². The standard InChI is InChI=1S/2C8H8OS2.Co/c2*10-8(11)9-6-7-4-2-1-3-5-7;/h2*1-5H,6H2,(H,10,11);/q;;+2/p-2. The van der Waals surface area contributed by atoms with Crippen LogP contribution in [0.4, 0.5) is 0 Å². The second-order valence-corrected chi connectivity index (χ2v) is 6.05. The molecule has 0 saturated heterocycles. The fourth-order valence-electron chi connectivity index (χ4n) is 1.43. The van der Waals surface area contributed by atoms with Gasteiger partial charge in [0.1, 0.15) is 13.2 Å². The summed E-state index contributed by atoms with van der Waals surface area (Å²) in [6.45, 7) is 0.951. The van der Waals surface area contributed by atoms with Gasteiger partial charge < -0.3 is 59.2 Å². The number of thiocarbonyl (C=S) groups is 2. The molecule has 2 rings (SSSR count). The number of ether oxygens (including phenoxy) is 2. The summed E-state index contributed by atoms with van der Waals surface area (Å²) in [6.07, 6.45) is 0. The number of rotatable bonds is 4. The topological polar surface area (TPSA) is 18.5 Å². The van der Waals surface area contributed by atoms with E-state index in [4.69, 9.17) is 9.47 Å². The van der Waals surface area contributed by atoms with Gasteiger partial charge in [0.2, 0.25) is 0 Å². The Bertz CT molecular complexity index is 526. The van der Waals surface area contributed by atoms with Gasteiger partial charge in [0.05, 0.1) is 0 Å². The minimum atomic E-state index is 0. The quantitative estimate of drug-likeness (QED) is 0.539. The zero-order valence-electron chi connectivity index (χ0n) is 12.0. The van der Waals surface area contributed by atoms with Crippen LogP contribution in [-0.4, -0.2) is 8.77 Å². The molecule has 0 spiro atoms. The van der Waals surface area contributed by atoms with E-state index in [1.54, 1.807) is 0 Å². The normalized spacial score (nSPS) is 8.70. The summed E-state index contributed by atoms with van der Waals surface area (Å²) in [4.78, 5) is 0. The summed E-state index contributed by atoms with van der Waals surface area (Å²) in [5.74, 6) is 0. The molecule has 0 aliphatic heterocycles. The molecule has 0 fully saturated rings. The van der Waals surface area contributed by atoms with Crippen LogP contribution >= 0.6 is 24.4 Å². The molecule has 0 heterocycles. The number of hydrogen-bond acceptors (Lipinski definition) is 6. The van der Waals surface area contributed by atoms with Crippen molar-refractivity contribution in [2.75, 3.05) is 0 Å². The smallest absolute Gasteiger partial charge is 0.509 e. The Kier molecular flexibility index (Phi) is 13.1. The first kappa shape index (κ1) is 22.2. The van der Waals surface area contributed by atoms with Crippen molar-refractivity contribution in [2.24, 2.45) is 0 Å². The summed E-state index contributed by atoms with van der Waals surface area (Å²) < 4.78 is 10.3. The van der Waals surface area contributed by atoms with Crippen LogP contribution in [0.3, 0.4) is 0 Å². The fraction of sp³-hybridized carbons (Fsp3) is 0.125. The van der Waals surface area contributed by atoms with Crippen LogP contribution in [0.2, 0.25) is 0 Å². The largest absolute Gasteiger partial charge is 2.00 e. The molecule has 0 unspecified atom stereocenters. The van der Waals surface area contributed by atoms with E-state index in [2.05, 4.69) is 49.7 Å². The van der Waals surface area contributed by atoms with E-state index in [-0.39, 0.29) is 25.5 Å². The minimum absolute atomic E-state index is 0. The third kappa shape index (κ3) is 12.3. The second kappa shape index (κ2) is 13.6. The molecule has 0 aliphatic rings. The summed E-state index contributed by atoms with van der Waals surface area (Å²) in [6, 6.07) is 19.6. The molecular formula is C16H14CoO2S4. The molecular weight excluding hydrogens is 411 g/mol. The van der Waals surface area contributed by atoms with Crippen molar-refractivity contribution in [3.63, 3.8) is 0 Å². The maximum Gasteiger partial charge on any atom is 2.00 e. The first-order chi connectivity index (χ1) is 10.6. The molecule has 2 nitrogen and oxygen atoms in total. The van der Waals surface area contributed by atoms with Gasteiger partial charge in [0.15, 0.2) is 0 Å². The first-order valence-corrected chi connectivity index (χ1v) is 7.96. The van der Waals surface area contributed by atoms with Crippen molar-refractivity contribution < 1.29 is 26.3 Å². The average Bonchev–Trinajstić information content (AvgIpc) is 2.53. The van der Waals surface area contributed by atoms with Gasteiger partial charge in [-0.1, -0.05) is 60.7 Å². The summed E-state index contributed by atoms with van der Waals surface area (Å²) >= 11 is 18.3. The van der Waals surface area contributed by atoms with Gasteiger partial charge in [-0.3, -0.25) is 0 Å². The molecule has 123 valence electrons. The van der Waals surface area contributed by atoms with Crippen LogP contribution in [0.15, 0.2) is 60.7 Å². The van der Waals surface area contributed by atoms with Crippen LogP contribution in [0.5, 0.6) is 0 Å². The molecule has 0 atom stereocenters. The van der Waals surface area contributed by atoms with E-state index in [1.807, 2.05) is 60.7 Å². The van der Waals surface area contributed by atoms with Crippen molar-refractivity contribution in [3.8, 4) is 0 Å². The predicted molar refractivity (Wildman–Crippen MR) is 102 cm³/mol. The van der Waals surface area contributed by atoms with Gasteiger partial charge in [-0.05, 0) is 11.1 Å². The molecule has 0 amide bonds. The van der Waals surface area contributed by atoms with E-state index in [1.165, 1.54) is 0 Å². The molecule has 0 saturated carbocycles. The van der Waals surface area contributed by atoms with Crippen LogP contribution in [0.25, 0.3) is 0 Å². The third-order valence-electron chi connectivity index (χ3n) is 2.40. The Morgan fingerprint density at radius 3 is 1.26 bits per heavy atom. The average molecular weight is 425 g/mol. The number of benzene rings is 2. The molecule has 23 heavy (non-hydrogen) atoms. The van der Waals surface area contributed by atoms with E-state index in [9.17, 15) is 0 Å². The van der Waals surface area contributed by atoms with Gasteiger partial charge >= 0.3 is 16.8 Å². The molecule has 0 aromatic heterocycles. The third-order valence-corrected chi connectivity index (χ3v) is 2.87. The van der Waals surface area contributed by atoms with Crippen molar-refractivity contribution in [2.45, 2.75) is 13.2 Å². The summed E-state index contributed by atoms with van der Waals surface area (Å²) in [5, 5.41) is 0. The van der Waals surface area contributed by atoms with Crippen molar-refractivity contribution in [3.05, 3.63) is 71.8 Å². The van der Waals surface area contributed by atoms with Crippen molar-refractivity contribution in [1.29, 1.82) is 0 Å². The molecule has 0 bridgehead atoms. The van der Waals surface area contributed by atoms with Gasteiger partial charge in [0.25, 0.3) is 0 Å². The monoisotopic (exact) mass is 425 g/mol. The summed E-state index contributed by atoms with van der Waals surface area (Å²) in [7, 11) is 0. The van der Waals surface area contributed by atoms with E-state index in [0.717, 1.165) is 11.1 Å². The summed E-state index contributed by atoms with van der Waals surface area (Å²) in [5.41, 5.74) is 2.17. The maximum atomic E-state index is 4.97. The fourth-order valence-corrected chi connectivity index (χ4v) is 1.67. The minimum Gasteiger partial charge on any atom is -0.509 e. The van der Waals surface area contributed by atoms with Gasteiger partial charge in [-0.25, -0.2) is 0 Å². The van der Waals surface area contributed by atoms with E-state index < -0.39 is 0 Å². The van der Waals surface area contributed by atoms with Crippen LogP contribution in [0, 0.1) is 0 Å². The Morgan fingerprint density at radius 2 is 1.00 bits per heavy atom. The number of hydrogen-bond donors (Lipinski definition) is 0. The molecule has 0 aliphatic carbocycles. The Labute approximate surface area is 169 Å². The van der Waals surface area contributed by atoms with Crippen LogP contribution in [0.1, 0.15) is 11.1 Å². The zero-order chi connectivity index (χ0) is 16.2. The zero-order valence-corrected chi connectivity index (χ0v) is 16.3. The Morgan fingerprint density at radius 1 is 0.696 bits per heavy atom. The van der Waals surface area contributed by atoms with E-state index >= 15 is 0 Å². The maximum absolute atomic E-state index is 4.97. The van der Waals surface area contributed by atoms with Gasteiger partial charge in [-0.2, -0.15) is 0 Å². The van der Waals surface area contributed by atoms with Crippen molar-refractivity contribution in [1.82, 2.24) is 0 Å². The van der Waals surface area contributed by atoms with Gasteiger partial charge in [0, 0.05) is 8.77 Å². The molecule has 2 aromatic rings. The van der Waals surface area contributed by atoms with Crippen molar-refractivity contribution >= 4 is 58.5 Å². The Hall–Kier alpha value is -0.834. The molecule has 0 N–H and O–H groups in total. The first-order valence-electron chi connectivity index (χ1n) is 6.33. The molecule has 2 aromatic carbocycles. The molecule has 1 radical (unpaired) electrons. The van der Waals surface area contributed by atoms with Crippen LogP contribution < -0.4 is 0 Å². The second-order valence-electron chi connectivity index (χ2n) is 4.05. The molecule has 7 heteroatoms. The predicted octanol–water partition coefficient (Wildman–Crippen LogP) is 4.07. The van der Waals surface area contributed by atoms with Crippen LogP contribution in [-0.2, 0) is 64.7 Å². The van der Waals surface area contributed by atoms with E-state index in [0.29, 0.717) is 13.2 Å². The SMILES string of the molecule is S=C([S-])OCc1ccccc1.S=C([S-])OCc1ccccc1.[Co+2].